The number of Topliss-reactive ketones (excluding diaryl/α,β-unsaturated/α-hetero) is 4. The summed E-state index contributed by atoms with van der Waals surface area (Å²) in [7, 11) is 1.61. The van der Waals surface area contributed by atoms with Crippen molar-refractivity contribution in [3.05, 3.63) is 47.0 Å². The molecule has 5 rings (SSSR count). The van der Waals surface area contributed by atoms with Crippen LogP contribution in [0.25, 0.3) is 11.1 Å². The summed E-state index contributed by atoms with van der Waals surface area (Å²) in [5.74, 6) is -10.5. The van der Waals surface area contributed by atoms with Crippen LogP contribution in [0.5, 0.6) is 11.5 Å². The Morgan fingerprint density at radius 3 is 2.36 bits per heavy atom. The fourth-order valence-corrected chi connectivity index (χ4v) is 7.67. The molecule has 2 fully saturated rings. The lowest BCUT2D eigenvalue weighted by Crippen LogP contribution is -2.71. The third kappa shape index (κ3) is 4.28. The summed E-state index contributed by atoms with van der Waals surface area (Å²) in [5.41, 5.74) is 5.78. The van der Waals surface area contributed by atoms with Crippen molar-refractivity contribution in [2.75, 3.05) is 7.11 Å². The molecule has 2 unspecified atom stereocenters. The Labute approximate surface area is 244 Å². The Morgan fingerprint density at radius 1 is 1.07 bits per heavy atom. The Morgan fingerprint density at radius 2 is 1.76 bits per heavy atom. The van der Waals surface area contributed by atoms with Crippen molar-refractivity contribution >= 4 is 29.0 Å². The van der Waals surface area contributed by atoms with Crippen LogP contribution in [-0.4, -0.2) is 52.0 Å². The number of carbonyl (C=O) groups is 5. The van der Waals surface area contributed by atoms with E-state index in [0.29, 0.717) is 11.5 Å². The fourth-order valence-electron chi connectivity index (χ4n) is 7.67. The summed E-state index contributed by atoms with van der Waals surface area (Å²) in [5, 5.41) is 22.6. The van der Waals surface area contributed by atoms with Gasteiger partial charge in [0.2, 0.25) is 5.91 Å². The number of amides is 1. The number of ketones is 4. The van der Waals surface area contributed by atoms with E-state index < -0.39 is 70.1 Å². The van der Waals surface area contributed by atoms with E-state index in [1.54, 1.807) is 27.0 Å². The molecule has 42 heavy (non-hydrogen) atoms. The highest BCUT2D eigenvalue weighted by molar-refractivity contribution is 6.32. The first-order valence-electron chi connectivity index (χ1n) is 14.4. The van der Waals surface area contributed by atoms with Gasteiger partial charge < -0.3 is 20.7 Å². The third-order valence-electron chi connectivity index (χ3n) is 9.42. The molecule has 0 heterocycles. The van der Waals surface area contributed by atoms with Gasteiger partial charge in [0.15, 0.2) is 34.7 Å². The monoisotopic (exact) mass is 575 g/mol. The number of nitrogens with two attached hydrogens (primary N) is 1. The van der Waals surface area contributed by atoms with Gasteiger partial charge in [0, 0.05) is 11.8 Å². The minimum atomic E-state index is -2.70. The number of hydrogen-bond acceptors (Lipinski definition) is 8. The maximum atomic E-state index is 14.0. The number of primary amides is 1. The summed E-state index contributed by atoms with van der Waals surface area (Å²) in [6.45, 7) is 7.66. The van der Waals surface area contributed by atoms with Crippen molar-refractivity contribution in [1.82, 2.24) is 0 Å². The lowest BCUT2D eigenvalue weighted by Gasteiger charge is -2.52. The van der Waals surface area contributed by atoms with Gasteiger partial charge in [-0.2, -0.15) is 0 Å². The highest BCUT2D eigenvalue weighted by Gasteiger charge is 2.69. The van der Waals surface area contributed by atoms with Gasteiger partial charge in [-0.1, -0.05) is 39.8 Å². The van der Waals surface area contributed by atoms with E-state index in [0.717, 1.165) is 28.9 Å². The van der Waals surface area contributed by atoms with Crippen molar-refractivity contribution in [3.8, 4) is 22.6 Å². The normalized spacial score (nSPS) is 28.9. The van der Waals surface area contributed by atoms with E-state index in [2.05, 4.69) is 13.8 Å². The van der Waals surface area contributed by atoms with Crippen molar-refractivity contribution in [3.63, 3.8) is 0 Å². The average molecular weight is 576 g/mol. The summed E-state index contributed by atoms with van der Waals surface area (Å²) >= 11 is 0. The second-order valence-corrected chi connectivity index (χ2v) is 12.8. The van der Waals surface area contributed by atoms with Gasteiger partial charge in [-0.3, -0.25) is 24.0 Å². The van der Waals surface area contributed by atoms with E-state index in [9.17, 15) is 34.2 Å². The number of phenols is 1. The van der Waals surface area contributed by atoms with E-state index in [1.807, 2.05) is 18.2 Å². The molecule has 4 N–H and O–H groups in total. The van der Waals surface area contributed by atoms with Crippen LogP contribution < -0.4 is 10.5 Å². The molecule has 0 aromatic heterocycles. The second kappa shape index (κ2) is 10.5. The lowest BCUT2D eigenvalue weighted by molar-refractivity contribution is -0.182. The minimum Gasteiger partial charge on any atom is -0.507 e. The molecule has 0 aliphatic heterocycles. The van der Waals surface area contributed by atoms with Crippen LogP contribution in [0.4, 0.5) is 0 Å². The van der Waals surface area contributed by atoms with Gasteiger partial charge in [-0.05, 0) is 77.5 Å². The number of aliphatic hydroxyl groups is 1. The number of rotatable bonds is 6. The zero-order valence-corrected chi connectivity index (χ0v) is 24.5. The zero-order chi connectivity index (χ0) is 30.8. The lowest BCUT2D eigenvalue weighted by atomic mass is 9.49. The number of methoxy groups -OCH3 is 1. The van der Waals surface area contributed by atoms with Crippen LogP contribution in [0.2, 0.25) is 0 Å². The first-order chi connectivity index (χ1) is 19.7. The van der Waals surface area contributed by atoms with Gasteiger partial charge in [0.1, 0.15) is 11.5 Å². The first kappa shape index (κ1) is 29.6. The molecule has 0 radical (unpaired) electrons. The van der Waals surface area contributed by atoms with Gasteiger partial charge in [-0.25, -0.2) is 0 Å². The van der Waals surface area contributed by atoms with Crippen LogP contribution in [0.1, 0.15) is 55.6 Å². The Bertz CT molecular complexity index is 1520. The van der Waals surface area contributed by atoms with Crippen molar-refractivity contribution in [1.29, 1.82) is 0 Å². The quantitative estimate of drug-likeness (QED) is 0.443. The second-order valence-electron chi connectivity index (χ2n) is 12.8. The van der Waals surface area contributed by atoms with Crippen molar-refractivity contribution < 1.29 is 38.9 Å². The SMILES string of the molecule is COc1ccc(-c2ccc(O)c3c2C[C@H]2C[C@H]4[C@H](C(C)C)C(=O)C(C(N)=O)C(=O)[C@@]4(O)C(=O)C2C3=O)cc1CC(C)C. The molecule has 3 aliphatic carbocycles. The van der Waals surface area contributed by atoms with Gasteiger partial charge in [0.05, 0.1) is 18.6 Å². The van der Waals surface area contributed by atoms with Gasteiger partial charge >= 0.3 is 0 Å². The number of aromatic hydroxyl groups is 1. The molecule has 9 heteroatoms. The summed E-state index contributed by atoms with van der Waals surface area (Å²) < 4.78 is 5.56. The Balaban J connectivity index is 1.64. The van der Waals surface area contributed by atoms with Crippen molar-refractivity contribution in [2.24, 2.45) is 47.2 Å². The molecule has 3 aliphatic rings. The molecule has 9 nitrogen and oxygen atoms in total. The molecule has 2 aromatic carbocycles. The van der Waals surface area contributed by atoms with E-state index in [1.165, 1.54) is 6.07 Å². The summed E-state index contributed by atoms with van der Waals surface area (Å²) in [6.07, 6.45) is 1.02. The van der Waals surface area contributed by atoms with Crippen LogP contribution in [0, 0.1) is 41.4 Å². The molecular weight excluding hydrogens is 538 g/mol. The molecule has 1 amide bonds. The van der Waals surface area contributed by atoms with Gasteiger partial charge in [-0.15, -0.1) is 0 Å². The molecule has 2 aromatic rings. The highest BCUT2D eigenvalue weighted by atomic mass is 16.5. The number of phenolic OH excluding ortho intramolecular Hbond substituents is 1. The standard InChI is InChI=1S/C33H37NO8/c1-14(2)10-17-11-16(6-9-23(17)42-5)19-7-8-22(35)26-20(19)12-18-13-21-24(15(3)4)28(36)27(32(34)40)31(39)33(21,41)30(38)25(18)29(26)37/h6-9,11,14-15,18,21,24-25,27,35,41H,10,12-13H2,1-5H3,(H2,34,40)/t18-,21-,24-,25?,27?,33-/m0/s1. The van der Waals surface area contributed by atoms with Crippen LogP contribution in [0.15, 0.2) is 30.3 Å². The van der Waals surface area contributed by atoms with E-state index >= 15 is 0 Å². The summed E-state index contributed by atoms with van der Waals surface area (Å²) in [6, 6.07) is 8.90. The number of benzene rings is 2. The number of hydrogen-bond donors (Lipinski definition) is 3. The third-order valence-corrected chi connectivity index (χ3v) is 9.42. The van der Waals surface area contributed by atoms with Crippen LogP contribution in [0.3, 0.4) is 0 Å². The predicted molar refractivity (Wildman–Crippen MR) is 153 cm³/mol. The van der Waals surface area contributed by atoms with Crippen LogP contribution >= 0.6 is 0 Å². The fraction of sp³-hybridized carbons (Fsp3) is 0.485. The predicted octanol–water partition coefficient (Wildman–Crippen LogP) is 3.08. The molecule has 2 saturated carbocycles. The first-order valence-corrected chi connectivity index (χ1v) is 14.4. The molecule has 0 spiro atoms. The average Bonchev–Trinajstić information content (AvgIpc) is 2.90. The van der Waals surface area contributed by atoms with E-state index in [4.69, 9.17) is 10.5 Å². The number of carbonyl (C=O) groups excluding carboxylic acids is 5. The maximum absolute atomic E-state index is 14.0. The number of fused-ring (bicyclic) bond motifs is 3. The molecule has 0 bridgehead atoms. The molecular formula is C33H37NO8. The minimum absolute atomic E-state index is 0.0171. The number of ether oxygens (including phenoxy) is 1. The Hall–Kier alpha value is -3.85. The maximum Gasteiger partial charge on any atom is 0.235 e. The topological polar surface area (TPSA) is 161 Å². The molecule has 6 atom stereocenters. The molecule has 0 saturated heterocycles. The highest BCUT2D eigenvalue weighted by Crippen LogP contribution is 2.53. The van der Waals surface area contributed by atoms with Crippen molar-refractivity contribution in [2.45, 2.75) is 52.6 Å². The smallest absolute Gasteiger partial charge is 0.235 e. The summed E-state index contributed by atoms with van der Waals surface area (Å²) in [4.78, 5) is 67.0. The van der Waals surface area contributed by atoms with Gasteiger partial charge in [0.25, 0.3) is 0 Å². The Kier molecular flexibility index (Phi) is 7.38. The van der Waals surface area contributed by atoms with E-state index in [-0.39, 0.29) is 24.2 Å². The van der Waals surface area contributed by atoms with Crippen LogP contribution in [-0.2, 0) is 32.0 Å². The molecule has 222 valence electrons. The zero-order valence-electron chi connectivity index (χ0n) is 24.5. The largest absolute Gasteiger partial charge is 0.507 e.